The van der Waals surface area contributed by atoms with Crippen molar-refractivity contribution in [2.75, 3.05) is 0 Å². The number of H-pyrrole nitrogens is 1. The predicted octanol–water partition coefficient (Wildman–Crippen LogP) is 1.44. The molecular weight excluding hydrogens is 234 g/mol. The Hall–Kier alpha value is -2.50. The zero-order valence-electron chi connectivity index (χ0n) is 9.34. The Bertz CT molecular complexity index is 706. The molecule has 1 heterocycles. The second kappa shape index (κ2) is 3.76. The number of benzene rings is 1. The second-order valence-electron chi connectivity index (χ2n) is 4.19. The van der Waals surface area contributed by atoms with Gasteiger partial charge in [-0.1, -0.05) is 6.07 Å². The molecule has 1 aliphatic rings. The largest absolute Gasteiger partial charge is 0.270 e. The average molecular weight is 243 g/mol. The summed E-state index contributed by atoms with van der Waals surface area (Å²) in [6, 6.07) is 6.19. The summed E-state index contributed by atoms with van der Waals surface area (Å²) in [5.74, 6) is 0. The van der Waals surface area contributed by atoms with Gasteiger partial charge in [0.2, 0.25) is 0 Å². The molecule has 18 heavy (non-hydrogen) atoms. The molecule has 0 saturated carbocycles. The van der Waals surface area contributed by atoms with Gasteiger partial charge in [0.25, 0.3) is 11.2 Å². The van der Waals surface area contributed by atoms with Crippen LogP contribution in [0.5, 0.6) is 0 Å². The highest BCUT2D eigenvalue weighted by Crippen LogP contribution is 2.33. The first kappa shape index (κ1) is 10.6. The fraction of sp³-hybridized carbons (Fsp3) is 0.167. The smallest absolute Gasteiger partial charge is 0.268 e. The molecule has 0 amide bonds. The molecule has 1 N–H and O–H groups in total. The molecule has 0 fully saturated rings. The van der Waals surface area contributed by atoms with Crippen LogP contribution in [0.15, 0.2) is 29.1 Å². The first-order valence-electron chi connectivity index (χ1n) is 5.51. The van der Waals surface area contributed by atoms with E-state index in [9.17, 15) is 14.9 Å². The summed E-state index contributed by atoms with van der Waals surface area (Å²) in [6.07, 6.45) is 1.51. The van der Waals surface area contributed by atoms with E-state index in [0.29, 0.717) is 5.56 Å². The molecule has 0 aliphatic heterocycles. The number of aromatic nitrogens is 2. The van der Waals surface area contributed by atoms with E-state index in [-0.39, 0.29) is 11.2 Å². The summed E-state index contributed by atoms with van der Waals surface area (Å²) < 4.78 is 0. The van der Waals surface area contributed by atoms with Gasteiger partial charge in [0, 0.05) is 23.8 Å². The van der Waals surface area contributed by atoms with Gasteiger partial charge in [-0.15, -0.1) is 0 Å². The highest BCUT2D eigenvalue weighted by molar-refractivity contribution is 5.73. The number of fused-ring (bicyclic) bond motifs is 3. The van der Waals surface area contributed by atoms with E-state index in [4.69, 9.17) is 0 Å². The van der Waals surface area contributed by atoms with Gasteiger partial charge in [-0.3, -0.25) is 14.9 Å². The van der Waals surface area contributed by atoms with E-state index in [1.54, 1.807) is 6.07 Å². The van der Waals surface area contributed by atoms with Crippen LogP contribution in [0.2, 0.25) is 0 Å². The fourth-order valence-electron chi connectivity index (χ4n) is 2.25. The van der Waals surface area contributed by atoms with E-state index >= 15 is 0 Å². The van der Waals surface area contributed by atoms with Crippen molar-refractivity contribution < 1.29 is 4.92 Å². The minimum Gasteiger partial charge on any atom is -0.268 e. The van der Waals surface area contributed by atoms with Gasteiger partial charge in [0.15, 0.2) is 0 Å². The van der Waals surface area contributed by atoms with Crippen molar-refractivity contribution in [3.05, 3.63) is 56.0 Å². The second-order valence-corrected chi connectivity index (χ2v) is 4.19. The zero-order chi connectivity index (χ0) is 12.7. The number of nitro benzene ring substituents is 1. The third-order valence-corrected chi connectivity index (χ3v) is 3.11. The Balaban J connectivity index is 2.27. The molecular formula is C12H9N3O3. The number of aromatic amines is 1. The van der Waals surface area contributed by atoms with Crippen LogP contribution in [0.1, 0.15) is 11.3 Å². The van der Waals surface area contributed by atoms with E-state index in [2.05, 4.69) is 10.2 Å². The molecule has 0 bridgehead atoms. The molecule has 0 saturated heterocycles. The summed E-state index contributed by atoms with van der Waals surface area (Å²) in [4.78, 5) is 21.7. The number of aryl methyl sites for hydroxylation is 2. The molecule has 6 nitrogen and oxygen atoms in total. The van der Waals surface area contributed by atoms with Gasteiger partial charge in [-0.25, -0.2) is 5.10 Å². The van der Waals surface area contributed by atoms with Gasteiger partial charge in [0.1, 0.15) is 0 Å². The number of nitrogens with one attached hydrogen (secondary N) is 1. The van der Waals surface area contributed by atoms with Crippen molar-refractivity contribution in [3.8, 4) is 11.1 Å². The Kier molecular flexibility index (Phi) is 2.22. The lowest BCUT2D eigenvalue weighted by Gasteiger charge is -2.17. The molecule has 0 radical (unpaired) electrons. The lowest BCUT2D eigenvalue weighted by molar-refractivity contribution is -0.384. The van der Waals surface area contributed by atoms with Crippen molar-refractivity contribution in [3.63, 3.8) is 0 Å². The predicted molar refractivity (Wildman–Crippen MR) is 64.4 cm³/mol. The fourth-order valence-corrected chi connectivity index (χ4v) is 2.25. The number of nitrogens with zero attached hydrogens (tertiary/aromatic N) is 2. The molecule has 0 unspecified atom stereocenters. The highest BCUT2D eigenvalue weighted by atomic mass is 16.6. The maximum absolute atomic E-state index is 11.3. The highest BCUT2D eigenvalue weighted by Gasteiger charge is 2.20. The van der Waals surface area contributed by atoms with Crippen molar-refractivity contribution in [1.82, 2.24) is 10.2 Å². The monoisotopic (exact) mass is 243 g/mol. The molecule has 1 aliphatic carbocycles. The van der Waals surface area contributed by atoms with Crippen LogP contribution < -0.4 is 5.56 Å². The number of rotatable bonds is 1. The van der Waals surface area contributed by atoms with E-state index in [1.165, 1.54) is 18.2 Å². The Labute approximate surface area is 101 Å². The van der Waals surface area contributed by atoms with Gasteiger partial charge >= 0.3 is 0 Å². The molecule has 1 aromatic carbocycles. The van der Waals surface area contributed by atoms with Crippen molar-refractivity contribution in [2.24, 2.45) is 0 Å². The first-order valence-corrected chi connectivity index (χ1v) is 5.51. The topological polar surface area (TPSA) is 88.9 Å². The lowest BCUT2D eigenvalue weighted by Crippen LogP contribution is -2.14. The first-order chi connectivity index (χ1) is 8.65. The third kappa shape index (κ3) is 1.58. The SMILES string of the molecule is O=c1cc2c(n[nH]1)CCc1ccc([N+](=O)[O-])cc1-2. The summed E-state index contributed by atoms with van der Waals surface area (Å²) >= 11 is 0. The van der Waals surface area contributed by atoms with Crippen LogP contribution in [0.3, 0.4) is 0 Å². The van der Waals surface area contributed by atoms with Crippen LogP contribution in [0.4, 0.5) is 5.69 Å². The molecule has 2 aromatic rings. The molecule has 90 valence electrons. The molecule has 0 atom stereocenters. The maximum atomic E-state index is 11.3. The van der Waals surface area contributed by atoms with Gasteiger partial charge in [-0.2, -0.15) is 5.10 Å². The maximum Gasteiger partial charge on any atom is 0.270 e. The minimum absolute atomic E-state index is 0.0295. The van der Waals surface area contributed by atoms with Crippen molar-refractivity contribution >= 4 is 5.69 Å². The van der Waals surface area contributed by atoms with E-state index in [0.717, 1.165) is 29.7 Å². The van der Waals surface area contributed by atoms with Crippen LogP contribution in [0.25, 0.3) is 11.1 Å². The van der Waals surface area contributed by atoms with E-state index in [1.807, 2.05) is 0 Å². The molecule has 6 heteroatoms. The summed E-state index contributed by atoms with van der Waals surface area (Å²) in [7, 11) is 0. The summed E-state index contributed by atoms with van der Waals surface area (Å²) in [5.41, 5.74) is 2.96. The third-order valence-electron chi connectivity index (χ3n) is 3.11. The summed E-state index contributed by atoms with van der Waals surface area (Å²) in [6.45, 7) is 0. The van der Waals surface area contributed by atoms with Crippen LogP contribution in [0, 0.1) is 10.1 Å². The standard InChI is InChI=1S/C12H9N3O3/c16-12-6-10-9-5-8(15(17)18)3-1-7(9)2-4-11(10)13-14-12/h1,3,5-6H,2,4H2,(H,14,16). The lowest BCUT2D eigenvalue weighted by atomic mass is 9.89. The average Bonchev–Trinajstić information content (AvgIpc) is 2.37. The molecule has 0 spiro atoms. The van der Waals surface area contributed by atoms with Crippen LogP contribution >= 0.6 is 0 Å². The number of hydrogen-bond acceptors (Lipinski definition) is 4. The Morgan fingerprint density at radius 1 is 1.22 bits per heavy atom. The Morgan fingerprint density at radius 2 is 2.06 bits per heavy atom. The summed E-state index contributed by atoms with van der Waals surface area (Å²) in [5, 5.41) is 17.2. The number of hydrogen-bond donors (Lipinski definition) is 1. The molecule has 3 rings (SSSR count). The normalized spacial score (nSPS) is 12.7. The van der Waals surface area contributed by atoms with Crippen molar-refractivity contribution in [2.45, 2.75) is 12.8 Å². The number of non-ortho nitro benzene ring substituents is 1. The van der Waals surface area contributed by atoms with Crippen LogP contribution in [-0.4, -0.2) is 15.1 Å². The van der Waals surface area contributed by atoms with E-state index < -0.39 is 4.92 Å². The van der Waals surface area contributed by atoms with Gasteiger partial charge < -0.3 is 0 Å². The van der Waals surface area contributed by atoms with Gasteiger partial charge in [-0.05, 0) is 24.0 Å². The van der Waals surface area contributed by atoms with Crippen LogP contribution in [-0.2, 0) is 12.8 Å². The zero-order valence-corrected chi connectivity index (χ0v) is 9.34. The Morgan fingerprint density at radius 3 is 2.83 bits per heavy atom. The molecule has 1 aromatic heterocycles. The van der Waals surface area contributed by atoms with Gasteiger partial charge in [0.05, 0.1) is 10.6 Å². The minimum atomic E-state index is -0.435. The van der Waals surface area contributed by atoms with Crippen molar-refractivity contribution in [1.29, 1.82) is 0 Å². The number of nitro groups is 1. The quantitative estimate of drug-likeness (QED) is 0.606.